The van der Waals surface area contributed by atoms with Crippen LogP contribution in [0.25, 0.3) is 0 Å². The first-order valence-corrected chi connectivity index (χ1v) is 4.52. The molecule has 0 aromatic heterocycles. The second-order valence-corrected chi connectivity index (χ2v) is 3.90. The summed E-state index contributed by atoms with van der Waals surface area (Å²) in [4.78, 5) is 3.80. The van der Waals surface area contributed by atoms with Gasteiger partial charge in [0.25, 0.3) is 0 Å². The van der Waals surface area contributed by atoms with Crippen molar-refractivity contribution in [1.82, 2.24) is 0 Å². The topological polar surface area (TPSA) is 12.4 Å². The SMILES string of the molecule is CC/C=C(\[S-])SC([S-])=NC.[K+].[K+]. The zero-order valence-corrected chi connectivity index (χ0v) is 16.7. The molecular formula is C6H9K2NS3. The van der Waals surface area contributed by atoms with Crippen LogP contribution in [0.3, 0.4) is 0 Å². The molecule has 0 fully saturated rings. The Morgan fingerprint density at radius 1 is 1.42 bits per heavy atom. The summed E-state index contributed by atoms with van der Waals surface area (Å²) >= 11 is 11.2. The zero-order valence-electron chi connectivity index (χ0n) is 7.96. The molecule has 0 saturated carbocycles. The Labute approximate surface area is 175 Å². The molecule has 0 saturated heterocycles. The summed E-state index contributed by atoms with van der Waals surface area (Å²) < 4.78 is 1.42. The van der Waals surface area contributed by atoms with Gasteiger partial charge in [-0.3, -0.25) is 0 Å². The van der Waals surface area contributed by atoms with Crippen molar-refractivity contribution in [2.45, 2.75) is 13.3 Å². The normalized spacial score (nSPS) is 11.5. The van der Waals surface area contributed by atoms with Gasteiger partial charge >= 0.3 is 103 Å². The molecule has 0 aliphatic heterocycles. The van der Waals surface area contributed by atoms with Crippen LogP contribution in [-0.2, 0) is 25.3 Å². The van der Waals surface area contributed by atoms with E-state index in [4.69, 9.17) is 25.3 Å². The van der Waals surface area contributed by atoms with Crippen LogP contribution in [0.2, 0.25) is 0 Å². The standard InChI is InChI=1S/C6H11NS3.2K/c1-3-4-5(8)10-6(9)7-2;;/h4,8H,3H2,1-2H3,(H,7,9);;/q;2*+1/p-2/b5-4+;;. The summed E-state index contributed by atoms with van der Waals surface area (Å²) in [7, 11) is 1.67. The number of rotatable bonds is 2. The van der Waals surface area contributed by atoms with E-state index < -0.39 is 0 Å². The van der Waals surface area contributed by atoms with Gasteiger partial charge in [0.1, 0.15) is 0 Å². The second-order valence-electron chi connectivity index (χ2n) is 1.52. The van der Waals surface area contributed by atoms with Gasteiger partial charge in [-0.2, -0.15) is 0 Å². The maximum atomic E-state index is 4.96. The largest absolute Gasteiger partial charge is 1.00 e. The van der Waals surface area contributed by atoms with Gasteiger partial charge in [0.15, 0.2) is 0 Å². The van der Waals surface area contributed by atoms with Gasteiger partial charge in [-0.25, -0.2) is 0 Å². The predicted molar refractivity (Wildman–Crippen MR) is 54.1 cm³/mol. The average Bonchev–Trinajstić information content (AvgIpc) is 1.88. The number of aliphatic imine (C=N–C) groups is 1. The Kier molecular flexibility index (Phi) is 25.1. The molecule has 0 atom stereocenters. The van der Waals surface area contributed by atoms with Crippen LogP contribution in [0.5, 0.6) is 0 Å². The van der Waals surface area contributed by atoms with Gasteiger partial charge in [-0.05, 0) is 6.42 Å². The van der Waals surface area contributed by atoms with Crippen LogP contribution in [0.1, 0.15) is 13.3 Å². The van der Waals surface area contributed by atoms with E-state index in [0.717, 1.165) is 10.7 Å². The van der Waals surface area contributed by atoms with Crippen LogP contribution >= 0.6 is 11.8 Å². The van der Waals surface area contributed by atoms with E-state index in [9.17, 15) is 0 Å². The van der Waals surface area contributed by atoms with Crippen molar-refractivity contribution in [3.63, 3.8) is 0 Å². The minimum atomic E-state index is 0. The van der Waals surface area contributed by atoms with Crippen molar-refractivity contribution >= 4 is 41.4 Å². The van der Waals surface area contributed by atoms with Crippen molar-refractivity contribution in [2.24, 2.45) is 4.99 Å². The Morgan fingerprint density at radius 3 is 2.25 bits per heavy atom. The number of hydrogen-bond donors (Lipinski definition) is 0. The molecule has 0 aromatic carbocycles. The van der Waals surface area contributed by atoms with E-state index in [1.165, 1.54) is 11.8 Å². The number of nitrogens with zero attached hydrogens (tertiary/aromatic N) is 1. The monoisotopic (exact) mass is 269 g/mol. The summed E-state index contributed by atoms with van der Waals surface area (Å²) in [6.45, 7) is 2.04. The fourth-order valence-corrected chi connectivity index (χ4v) is 1.68. The molecule has 0 rings (SSSR count). The molecular weight excluding hydrogens is 260 g/mol. The van der Waals surface area contributed by atoms with Crippen LogP contribution in [0.4, 0.5) is 0 Å². The molecule has 0 bridgehead atoms. The van der Waals surface area contributed by atoms with Gasteiger partial charge in [-0.15, -0.1) is 16.0 Å². The van der Waals surface area contributed by atoms with Gasteiger partial charge in [0.2, 0.25) is 0 Å². The van der Waals surface area contributed by atoms with Crippen LogP contribution in [0, 0.1) is 0 Å². The van der Waals surface area contributed by atoms with Gasteiger partial charge < -0.3 is 30.2 Å². The van der Waals surface area contributed by atoms with Crippen molar-refractivity contribution in [3.05, 3.63) is 10.3 Å². The van der Waals surface area contributed by atoms with Crippen molar-refractivity contribution in [3.8, 4) is 0 Å². The Hall–Kier alpha value is 3.47. The van der Waals surface area contributed by atoms with Gasteiger partial charge in [0.05, 0.1) is 0 Å². The fraction of sp³-hybridized carbons (Fsp3) is 0.500. The van der Waals surface area contributed by atoms with Crippen LogP contribution < -0.4 is 103 Å². The van der Waals surface area contributed by atoms with E-state index in [1.807, 2.05) is 13.0 Å². The van der Waals surface area contributed by atoms with Crippen molar-refractivity contribution in [1.29, 1.82) is 0 Å². The first kappa shape index (κ1) is 20.8. The minimum Gasteiger partial charge on any atom is -0.773 e. The summed E-state index contributed by atoms with van der Waals surface area (Å²) in [5, 5.41) is 0. The molecule has 0 heterocycles. The van der Waals surface area contributed by atoms with E-state index in [1.54, 1.807) is 7.05 Å². The predicted octanol–water partition coefficient (Wildman–Crippen LogP) is -3.94. The molecule has 0 aromatic rings. The summed E-state index contributed by atoms with van der Waals surface area (Å²) in [5.41, 5.74) is 0. The quantitative estimate of drug-likeness (QED) is 0.220. The Balaban J connectivity index is -0.000000405. The molecule has 0 aliphatic rings. The third-order valence-electron chi connectivity index (χ3n) is 0.741. The van der Waals surface area contributed by atoms with E-state index in [-0.39, 0.29) is 103 Å². The van der Waals surface area contributed by atoms with Gasteiger partial charge in [0, 0.05) is 7.05 Å². The van der Waals surface area contributed by atoms with Crippen LogP contribution in [0.15, 0.2) is 15.3 Å². The van der Waals surface area contributed by atoms with Crippen molar-refractivity contribution < 1.29 is 103 Å². The third kappa shape index (κ3) is 13.5. The minimum absolute atomic E-state index is 0. The molecule has 1 nitrogen and oxygen atoms in total. The maximum Gasteiger partial charge on any atom is 1.00 e. The average molecular weight is 270 g/mol. The first-order valence-electron chi connectivity index (χ1n) is 2.89. The molecule has 0 N–H and O–H groups in total. The number of thioether (sulfide) groups is 1. The summed E-state index contributed by atoms with van der Waals surface area (Å²) in [5.74, 6) is 0. The number of hydrogen-bond acceptors (Lipinski definition) is 4. The van der Waals surface area contributed by atoms with Crippen molar-refractivity contribution in [2.75, 3.05) is 7.05 Å². The Bertz CT molecular complexity index is 159. The number of allylic oxidation sites excluding steroid dienone is 1. The summed E-state index contributed by atoms with van der Waals surface area (Å²) in [6, 6.07) is 0. The molecule has 0 amide bonds. The molecule has 0 radical (unpaired) electrons. The molecule has 0 aliphatic carbocycles. The first-order chi connectivity index (χ1) is 4.70. The smallest absolute Gasteiger partial charge is 0.773 e. The molecule has 12 heavy (non-hydrogen) atoms. The van der Waals surface area contributed by atoms with E-state index >= 15 is 0 Å². The maximum absolute atomic E-state index is 4.96. The third-order valence-corrected chi connectivity index (χ3v) is 2.32. The van der Waals surface area contributed by atoms with E-state index in [0.29, 0.717) is 4.38 Å². The molecule has 6 heteroatoms. The Morgan fingerprint density at radius 2 is 1.92 bits per heavy atom. The molecule has 58 valence electrons. The second kappa shape index (κ2) is 14.5. The molecule has 0 unspecified atom stereocenters. The summed E-state index contributed by atoms with van der Waals surface area (Å²) in [6.07, 6.45) is 2.91. The zero-order chi connectivity index (χ0) is 7.98. The van der Waals surface area contributed by atoms with Gasteiger partial charge in [-0.1, -0.05) is 17.4 Å². The van der Waals surface area contributed by atoms with E-state index in [2.05, 4.69) is 4.99 Å². The molecule has 0 spiro atoms. The van der Waals surface area contributed by atoms with Crippen LogP contribution in [-0.4, -0.2) is 11.4 Å². The fourth-order valence-electron chi connectivity index (χ4n) is 0.340.